The highest BCUT2D eigenvalue weighted by Gasteiger charge is 2.13. The standard InChI is InChI=1S/C17H19NO/c19-17(9-12-18-10-3-4-11-18)16-8-7-14-5-1-2-6-15(14)13-16/h1-2,5-8,13H,3-4,9-12H2. The zero-order valence-electron chi connectivity index (χ0n) is 11.1. The van der Waals surface area contributed by atoms with Gasteiger partial charge in [0.1, 0.15) is 0 Å². The van der Waals surface area contributed by atoms with Crippen LogP contribution in [0.25, 0.3) is 10.8 Å². The number of benzene rings is 2. The van der Waals surface area contributed by atoms with Crippen LogP contribution in [0.4, 0.5) is 0 Å². The molecule has 1 saturated heterocycles. The summed E-state index contributed by atoms with van der Waals surface area (Å²) >= 11 is 0. The lowest BCUT2D eigenvalue weighted by atomic mass is 10.0. The predicted molar refractivity (Wildman–Crippen MR) is 78.6 cm³/mol. The molecule has 19 heavy (non-hydrogen) atoms. The van der Waals surface area contributed by atoms with E-state index in [2.05, 4.69) is 17.0 Å². The highest BCUT2D eigenvalue weighted by molar-refractivity contribution is 6.00. The van der Waals surface area contributed by atoms with Gasteiger partial charge in [0, 0.05) is 18.5 Å². The van der Waals surface area contributed by atoms with Crippen molar-refractivity contribution < 1.29 is 4.79 Å². The third-order valence-corrected chi connectivity index (χ3v) is 3.93. The number of fused-ring (bicyclic) bond motifs is 1. The van der Waals surface area contributed by atoms with E-state index >= 15 is 0 Å². The lowest BCUT2D eigenvalue weighted by Gasteiger charge is -2.13. The van der Waals surface area contributed by atoms with Crippen LogP contribution in [-0.4, -0.2) is 30.3 Å². The zero-order valence-corrected chi connectivity index (χ0v) is 11.1. The highest BCUT2D eigenvalue weighted by atomic mass is 16.1. The van der Waals surface area contributed by atoms with Gasteiger partial charge in [-0.15, -0.1) is 0 Å². The molecule has 2 nitrogen and oxygen atoms in total. The van der Waals surface area contributed by atoms with Crippen LogP contribution in [0, 0.1) is 0 Å². The lowest BCUT2D eigenvalue weighted by Crippen LogP contribution is -2.22. The summed E-state index contributed by atoms with van der Waals surface area (Å²) in [6, 6.07) is 14.2. The fourth-order valence-electron chi connectivity index (χ4n) is 2.77. The van der Waals surface area contributed by atoms with E-state index in [0.29, 0.717) is 6.42 Å². The summed E-state index contributed by atoms with van der Waals surface area (Å²) in [7, 11) is 0. The molecule has 2 aromatic carbocycles. The van der Waals surface area contributed by atoms with E-state index in [1.807, 2.05) is 30.3 Å². The summed E-state index contributed by atoms with van der Waals surface area (Å²) < 4.78 is 0. The molecule has 0 aliphatic carbocycles. The number of hydrogen-bond acceptors (Lipinski definition) is 2. The van der Waals surface area contributed by atoms with Crippen molar-refractivity contribution >= 4 is 16.6 Å². The van der Waals surface area contributed by atoms with Gasteiger partial charge in [-0.05, 0) is 42.8 Å². The summed E-state index contributed by atoms with van der Waals surface area (Å²) in [5, 5.41) is 2.34. The second-order valence-electron chi connectivity index (χ2n) is 5.28. The van der Waals surface area contributed by atoms with Gasteiger partial charge in [0.25, 0.3) is 0 Å². The fourth-order valence-corrected chi connectivity index (χ4v) is 2.77. The number of hydrogen-bond donors (Lipinski definition) is 0. The summed E-state index contributed by atoms with van der Waals surface area (Å²) in [5.41, 5.74) is 0.845. The molecule has 0 N–H and O–H groups in total. The molecule has 1 fully saturated rings. The number of ketones is 1. The number of carbonyl (C=O) groups excluding carboxylic acids is 1. The van der Waals surface area contributed by atoms with Crippen LogP contribution in [0.3, 0.4) is 0 Å². The molecule has 2 aromatic rings. The van der Waals surface area contributed by atoms with Crippen molar-refractivity contribution in [3.8, 4) is 0 Å². The Labute approximate surface area is 114 Å². The van der Waals surface area contributed by atoms with Crippen LogP contribution in [0.5, 0.6) is 0 Å². The molecule has 0 bridgehead atoms. The monoisotopic (exact) mass is 253 g/mol. The number of likely N-dealkylation sites (tertiary alicyclic amines) is 1. The fraction of sp³-hybridized carbons (Fsp3) is 0.353. The molecule has 0 spiro atoms. The third kappa shape index (κ3) is 2.85. The van der Waals surface area contributed by atoms with Gasteiger partial charge in [0.2, 0.25) is 0 Å². The average Bonchev–Trinajstić information content (AvgIpc) is 2.97. The van der Waals surface area contributed by atoms with Gasteiger partial charge < -0.3 is 4.90 Å². The van der Waals surface area contributed by atoms with E-state index in [0.717, 1.165) is 30.6 Å². The van der Waals surface area contributed by atoms with E-state index in [-0.39, 0.29) is 5.78 Å². The van der Waals surface area contributed by atoms with E-state index in [9.17, 15) is 4.79 Å². The highest BCUT2D eigenvalue weighted by Crippen LogP contribution is 2.17. The van der Waals surface area contributed by atoms with Gasteiger partial charge in [-0.1, -0.05) is 36.4 Å². The van der Waals surface area contributed by atoms with Crippen molar-refractivity contribution in [2.75, 3.05) is 19.6 Å². The molecule has 1 aliphatic rings. The van der Waals surface area contributed by atoms with Crippen molar-refractivity contribution in [1.82, 2.24) is 4.90 Å². The Balaban J connectivity index is 1.70. The topological polar surface area (TPSA) is 20.3 Å². The minimum atomic E-state index is 0.262. The van der Waals surface area contributed by atoms with Crippen molar-refractivity contribution in [3.63, 3.8) is 0 Å². The molecule has 0 amide bonds. The van der Waals surface area contributed by atoms with E-state index in [4.69, 9.17) is 0 Å². The summed E-state index contributed by atoms with van der Waals surface area (Å²) in [6.45, 7) is 3.22. The molecule has 0 unspecified atom stereocenters. The molecule has 1 heterocycles. The molecular formula is C17H19NO. The maximum atomic E-state index is 12.2. The molecular weight excluding hydrogens is 234 g/mol. The van der Waals surface area contributed by atoms with Crippen molar-refractivity contribution in [2.45, 2.75) is 19.3 Å². The molecule has 1 aliphatic heterocycles. The van der Waals surface area contributed by atoms with E-state index in [1.165, 1.54) is 18.2 Å². The Bertz CT molecular complexity index is 585. The van der Waals surface area contributed by atoms with E-state index in [1.54, 1.807) is 0 Å². The molecule has 98 valence electrons. The first-order chi connectivity index (χ1) is 9.33. The summed E-state index contributed by atoms with van der Waals surface area (Å²) in [5.74, 6) is 0.262. The van der Waals surface area contributed by atoms with Gasteiger partial charge in [0.15, 0.2) is 5.78 Å². The predicted octanol–water partition coefficient (Wildman–Crippen LogP) is 3.51. The zero-order chi connectivity index (χ0) is 13.1. The lowest BCUT2D eigenvalue weighted by molar-refractivity contribution is 0.0969. The molecule has 3 rings (SSSR count). The largest absolute Gasteiger partial charge is 0.303 e. The van der Waals surface area contributed by atoms with Crippen LogP contribution < -0.4 is 0 Å². The van der Waals surface area contributed by atoms with Crippen molar-refractivity contribution in [3.05, 3.63) is 48.0 Å². The van der Waals surface area contributed by atoms with Crippen LogP contribution in [0.15, 0.2) is 42.5 Å². The normalized spacial score (nSPS) is 16.0. The van der Waals surface area contributed by atoms with Crippen molar-refractivity contribution in [2.24, 2.45) is 0 Å². The first kappa shape index (κ1) is 12.4. The second kappa shape index (κ2) is 5.54. The van der Waals surface area contributed by atoms with Crippen LogP contribution >= 0.6 is 0 Å². The Morgan fingerprint density at radius 3 is 2.53 bits per heavy atom. The summed E-state index contributed by atoms with van der Waals surface area (Å²) in [4.78, 5) is 14.6. The number of rotatable bonds is 4. The van der Waals surface area contributed by atoms with Crippen LogP contribution in [-0.2, 0) is 0 Å². The summed E-state index contributed by atoms with van der Waals surface area (Å²) in [6.07, 6.45) is 3.20. The first-order valence-corrected chi connectivity index (χ1v) is 7.07. The maximum absolute atomic E-state index is 12.2. The van der Waals surface area contributed by atoms with Gasteiger partial charge in [-0.25, -0.2) is 0 Å². The Kier molecular flexibility index (Phi) is 3.60. The molecule has 2 heteroatoms. The van der Waals surface area contributed by atoms with Gasteiger partial charge in [0.05, 0.1) is 0 Å². The minimum Gasteiger partial charge on any atom is -0.303 e. The van der Waals surface area contributed by atoms with E-state index < -0.39 is 0 Å². The van der Waals surface area contributed by atoms with Crippen LogP contribution in [0.1, 0.15) is 29.6 Å². The van der Waals surface area contributed by atoms with Gasteiger partial charge in [-0.3, -0.25) is 4.79 Å². The average molecular weight is 253 g/mol. The molecule has 0 saturated carbocycles. The molecule has 0 radical (unpaired) electrons. The van der Waals surface area contributed by atoms with Crippen molar-refractivity contribution in [1.29, 1.82) is 0 Å². The second-order valence-corrected chi connectivity index (χ2v) is 5.28. The van der Waals surface area contributed by atoms with Gasteiger partial charge in [-0.2, -0.15) is 0 Å². The SMILES string of the molecule is O=C(CCN1CCCC1)c1ccc2ccccc2c1. The van der Waals surface area contributed by atoms with Crippen LogP contribution in [0.2, 0.25) is 0 Å². The Morgan fingerprint density at radius 1 is 1.00 bits per heavy atom. The molecule has 0 atom stereocenters. The Morgan fingerprint density at radius 2 is 1.74 bits per heavy atom. The minimum absolute atomic E-state index is 0.262. The first-order valence-electron chi connectivity index (χ1n) is 7.07. The molecule has 0 aromatic heterocycles. The number of nitrogens with zero attached hydrogens (tertiary/aromatic N) is 1. The number of Topliss-reactive ketones (excluding diaryl/α,β-unsaturated/α-hetero) is 1. The maximum Gasteiger partial charge on any atom is 0.164 e. The third-order valence-electron chi connectivity index (χ3n) is 3.93. The smallest absolute Gasteiger partial charge is 0.164 e. The van der Waals surface area contributed by atoms with Gasteiger partial charge >= 0.3 is 0 Å². The number of carbonyl (C=O) groups is 1. The quantitative estimate of drug-likeness (QED) is 0.777. The Hall–Kier alpha value is -1.67.